The van der Waals surface area contributed by atoms with E-state index < -0.39 is 0 Å². The first-order valence-corrected chi connectivity index (χ1v) is 9.48. The van der Waals surface area contributed by atoms with E-state index in [1.54, 1.807) is 4.90 Å². The molecule has 9 nitrogen and oxygen atoms in total. The summed E-state index contributed by atoms with van der Waals surface area (Å²) >= 11 is 0. The fraction of sp³-hybridized carbons (Fsp3) is 0.286. The Bertz CT molecular complexity index is 960. The zero-order chi connectivity index (χ0) is 21.3. The van der Waals surface area contributed by atoms with Crippen molar-refractivity contribution in [2.24, 2.45) is 0 Å². The summed E-state index contributed by atoms with van der Waals surface area (Å²) in [5.41, 5.74) is 4.16. The molecule has 0 bridgehead atoms. The number of ether oxygens (including phenoxy) is 1. The summed E-state index contributed by atoms with van der Waals surface area (Å²) in [5, 5.41) is 20.8. The molecular weight excluding hydrogens is 386 g/mol. The van der Waals surface area contributed by atoms with Crippen LogP contribution in [-0.4, -0.2) is 62.7 Å². The molecule has 0 radical (unpaired) electrons. The van der Waals surface area contributed by atoms with Gasteiger partial charge in [-0.25, -0.2) is 0 Å². The van der Waals surface area contributed by atoms with Crippen LogP contribution in [0.3, 0.4) is 0 Å². The van der Waals surface area contributed by atoms with Gasteiger partial charge in [0.15, 0.2) is 0 Å². The molecule has 156 valence electrons. The SMILES string of the molecule is Cc1ccc(Cc2ccccc2C(=O)N2CCOC(c3nn[nH]n3)C2)cc1.O=CO. The Hall–Kier alpha value is -3.59. The van der Waals surface area contributed by atoms with Crippen LogP contribution < -0.4 is 0 Å². The zero-order valence-electron chi connectivity index (χ0n) is 16.6. The van der Waals surface area contributed by atoms with E-state index in [1.165, 1.54) is 11.1 Å². The molecule has 1 unspecified atom stereocenters. The molecule has 9 heteroatoms. The van der Waals surface area contributed by atoms with Crippen LogP contribution in [-0.2, 0) is 16.0 Å². The van der Waals surface area contributed by atoms with Crippen LogP contribution in [0.5, 0.6) is 0 Å². The first-order chi connectivity index (χ1) is 14.6. The van der Waals surface area contributed by atoms with Crippen molar-refractivity contribution in [3.05, 3.63) is 76.6 Å². The minimum absolute atomic E-state index is 0.00880. The summed E-state index contributed by atoms with van der Waals surface area (Å²) in [5.74, 6) is 0.481. The molecule has 1 aromatic heterocycles. The van der Waals surface area contributed by atoms with E-state index in [9.17, 15) is 4.79 Å². The number of amides is 1. The fourth-order valence-electron chi connectivity index (χ4n) is 3.28. The van der Waals surface area contributed by atoms with Gasteiger partial charge < -0.3 is 14.7 Å². The number of carbonyl (C=O) groups excluding carboxylic acids is 1. The van der Waals surface area contributed by atoms with Gasteiger partial charge in [-0.15, -0.1) is 10.2 Å². The Morgan fingerprint density at radius 3 is 2.70 bits per heavy atom. The van der Waals surface area contributed by atoms with Gasteiger partial charge in [0.05, 0.1) is 13.2 Å². The summed E-state index contributed by atoms with van der Waals surface area (Å²) in [6, 6.07) is 16.2. The third-order valence-corrected chi connectivity index (χ3v) is 4.77. The van der Waals surface area contributed by atoms with Crippen LogP contribution in [0.4, 0.5) is 0 Å². The smallest absolute Gasteiger partial charge is 0.290 e. The fourth-order valence-corrected chi connectivity index (χ4v) is 3.28. The van der Waals surface area contributed by atoms with Crippen molar-refractivity contribution >= 4 is 12.4 Å². The van der Waals surface area contributed by atoms with Crippen LogP contribution in [0.15, 0.2) is 48.5 Å². The van der Waals surface area contributed by atoms with Crippen molar-refractivity contribution in [3.63, 3.8) is 0 Å². The summed E-state index contributed by atoms with van der Waals surface area (Å²) < 4.78 is 5.70. The van der Waals surface area contributed by atoms with E-state index in [1.807, 2.05) is 24.3 Å². The molecule has 1 fully saturated rings. The number of hydrogen-bond acceptors (Lipinski definition) is 6. The first kappa shape index (κ1) is 21.1. The van der Waals surface area contributed by atoms with E-state index in [2.05, 4.69) is 51.8 Å². The number of benzene rings is 2. The minimum Gasteiger partial charge on any atom is -0.483 e. The van der Waals surface area contributed by atoms with E-state index in [4.69, 9.17) is 14.6 Å². The Labute approximate surface area is 173 Å². The monoisotopic (exact) mass is 409 g/mol. The second kappa shape index (κ2) is 10.3. The Morgan fingerprint density at radius 1 is 1.27 bits per heavy atom. The van der Waals surface area contributed by atoms with Crippen molar-refractivity contribution in [1.29, 1.82) is 0 Å². The highest BCUT2D eigenvalue weighted by Gasteiger charge is 2.29. The molecule has 1 atom stereocenters. The average Bonchev–Trinajstić information content (AvgIpc) is 3.31. The molecule has 3 aromatic rings. The highest BCUT2D eigenvalue weighted by molar-refractivity contribution is 5.96. The number of aryl methyl sites for hydroxylation is 1. The normalized spacial score (nSPS) is 15.8. The lowest BCUT2D eigenvalue weighted by molar-refractivity contribution is -0.122. The van der Waals surface area contributed by atoms with Crippen LogP contribution in [0.25, 0.3) is 0 Å². The van der Waals surface area contributed by atoms with E-state index >= 15 is 0 Å². The Morgan fingerprint density at radius 2 is 2.00 bits per heavy atom. The molecule has 2 aromatic carbocycles. The predicted octanol–water partition coefficient (Wildman–Crippen LogP) is 2.01. The number of nitrogens with zero attached hydrogens (tertiary/aromatic N) is 4. The number of carboxylic acid groups (broad SMARTS) is 1. The van der Waals surface area contributed by atoms with Gasteiger partial charge in [-0.3, -0.25) is 9.59 Å². The predicted molar refractivity (Wildman–Crippen MR) is 108 cm³/mol. The van der Waals surface area contributed by atoms with Crippen molar-refractivity contribution in [2.45, 2.75) is 19.4 Å². The minimum atomic E-state index is -0.356. The summed E-state index contributed by atoms with van der Waals surface area (Å²) in [6.45, 7) is 3.23. The second-order valence-corrected chi connectivity index (χ2v) is 6.81. The van der Waals surface area contributed by atoms with Gasteiger partial charge in [-0.2, -0.15) is 5.21 Å². The number of rotatable bonds is 4. The maximum absolute atomic E-state index is 13.2. The van der Waals surface area contributed by atoms with Crippen LogP contribution >= 0.6 is 0 Å². The van der Waals surface area contributed by atoms with Crippen LogP contribution in [0.1, 0.15) is 39.0 Å². The number of carbonyl (C=O) groups is 2. The molecular formula is C21H23N5O4. The molecule has 4 rings (SSSR count). The lowest BCUT2D eigenvalue weighted by atomic mass is 9.98. The standard InChI is InChI=1S/C20H21N5O2.CH2O2/c1-14-6-8-15(9-7-14)12-16-4-2-3-5-17(16)20(26)25-10-11-27-18(13-25)19-21-23-24-22-19;2-1-3/h2-9,18H,10-13H2,1H3,(H,21,22,23,24);1H,(H,2,3). The Kier molecular flexibility index (Phi) is 7.23. The second-order valence-electron chi connectivity index (χ2n) is 6.81. The quantitative estimate of drug-likeness (QED) is 0.632. The third-order valence-electron chi connectivity index (χ3n) is 4.77. The number of nitrogens with one attached hydrogen (secondary N) is 1. The molecule has 1 amide bonds. The highest BCUT2D eigenvalue weighted by Crippen LogP contribution is 2.22. The van der Waals surface area contributed by atoms with Crippen molar-refractivity contribution in [1.82, 2.24) is 25.5 Å². The number of H-pyrrole nitrogens is 1. The van der Waals surface area contributed by atoms with E-state index in [0.29, 0.717) is 25.5 Å². The van der Waals surface area contributed by atoms with Gasteiger partial charge >= 0.3 is 0 Å². The molecule has 0 aliphatic carbocycles. The lowest BCUT2D eigenvalue weighted by Crippen LogP contribution is -2.42. The first-order valence-electron chi connectivity index (χ1n) is 9.48. The maximum atomic E-state index is 13.2. The topological polar surface area (TPSA) is 121 Å². The largest absolute Gasteiger partial charge is 0.483 e. The summed E-state index contributed by atoms with van der Waals surface area (Å²) in [4.78, 5) is 23.4. The van der Waals surface area contributed by atoms with E-state index in [-0.39, 0.29) is 18.5 Å². The summed E-state index contributed by atoms with van der Waals surface area (Å²) in [6.07, 6.45) is 0.367. The van der Waals surface area contributed by atoms with Crippen molar-refractivity contribution in [2.75, 3.05) is 19.7 Å². The number of tetrazole rings is 1. The molecule has 0 saturated carbocycles. The van der Waals surface area contributed by atoms with Gasteiger partial charge in [0.1, 0.15) is 6.10 Å². The number of aromatic nitrogens is 4. The molecule has 2 N–H and O–H groups in total. The molecule has 30 heavy (non-hydrogen) atoms. The van der Waals surface area contributed by atoms with Crippen molar-refractivity contribution in [3.8, 4) is 0 Å². The van der Waals surface area contributed by atoms with Gasteiger partial charge in [-0.05, 0) is 30.5 Å². The number of morpholine rings is 1. The van der Waals surface area contributed by atoms with Gasteiger partial charge in [0.25, 0.3) is 12.4 Å². The van der Waals surface area contributed by atoms with Gasteiger partial charge in [0, 0.05) is 12.1 Å². The molecule has 1 aliphatic rings. The van der Waals surface area contributed by atoms with Crippen molar-refractivity contribution < 1.29 is 19.4 Å². The molecule has 1 aliphatic heterocycles. The molecule has 2 heterocycles. The summed E-state index contributed by atoms with van der Waals surface area (Å²) in [7, 11) is 0. The number of hydrogen-bond donors (Lipinski definition) is 2. The molecule has 1 saturated heterocycles. The van der Waals surface area contributed by atoms with Crippen LogP contribution in [0, 0.1) is 6.92 Å². The Balaban J connectivity index is 0.000000806. The maximum Gasteiger partial charge on any atom is 0.290 e. The zero-order valence-corrected chi connectivity index (χ0v) is 16.6. The lowest BCUT2D eigenvalue weighted by Gasteiger charge is -2.32. The third kappa shape index (κ3) is 5.26. The molecule has 0 spiro atoms. The van der Waals surface area contributed by atoms with Crippen LogP contribution in [0.2, 0.25) is 0 Å². The van der Waals surface area contributed by atoms with Gasteiger partial charge in [0.2, 0.25) is 5.82 Å². The highest BCUT2D eigenvalue weighted by atomic mass is 16.5. The van der Waals surface area contributed by atoms with Gasteiger partial charge in [-0.1, -0.05) is 53.2 Å². The van der Waals surface area contributed by atoms with E-state index in [0.717, 1.165) is 17.5 Å². The average molecular weight is 409 g/mol. The number of aromatic amines is 1.